The number of carbonyl (C=O) groups is 1. The summed E-state index contributed by atoms with van der Waals surface area (Å²) < 4.78 is 13.0. The zero-order valence-corrected chi connectivity index (χ0v) is 13.3. The van der Waals surface area contributed by atoms with Crippen LogP contribution in [0.15, 0.2) is 30.6 Å². The van der Waals surface area contributed by atoms with Crippen molar-refractivity contribution in [2.24, 2.45) is 0 Å². The number of aryl methyl sites for hydroxylation is 2. The van der Waals surface area contributed by atoms with Gasteiger partial charge in [-0.15, -0.1) is 0 Å². The lowest BCUT2D eigenvalue weighted by molar-refractivity contribution is 0.0744. The molecule has 0 atom stereocenters. The minimum atomic E-state index is -0.238. The quantitative estimate of drug-likeness (QED) is 0.852. The van der Waals surface area contributed by atoms with Crippen LogP contribution in [-0.4, -0.2) is 47.0 Å². The van der Waals surface area contributed by atoms with E-state index in [0.717, 1.165) is 18.8 Å². The summed E-state index contributed by atoms with van der Waals surface area (Å²) in [6, 6.07) is 6.46. The van der Waals surface area contributed by atoms with Crippen molar-refractivity contribution in [3.8, 4) is 0 Å². The molecule has 120 valence electrons. The molecular formula is C17H19FN4O. The summed E-state index contributed by atoms with van der Waals surface area (Å²) in [6.07, 6.45) is 1.48. The van der Waals surface area contributed by atoms with Crippen molar-refractivity contribution in [1.82, 2.24) is 14.9 Å². The van der Waals surface area contributed by atoms with Crippen LogP contribution in [0.5, 0.6) is 0 Å². The molecule has 1 aromatic heterocycles. The van der Waals surface area contributed by atoms with Crippen molar-refractivity contribution in [2.75, 3.05) is 31.1 Å². The Balaban J connectivity index is 1.69. The first-order valence-electron chi connectivity index (χ1n) is 7.64. The Hall–Kier alpha value is -2.50. The Labute approximate surface area is 134 Å². The predicted molar refractivity (Wildman–Crippen MR) is 86.0 cm³/mol. The topological polar surface area (TPSA) is 49.3 Å². The van der Waals surface area contributed by atoms with Crippen LogP contribution in [-0.2, 0) is 0 Å². The van der Waals surface area contributed by atoms with Gasteiger partial charge in [-0.1, -0.05) is 0 Å². The number of piperazine rings is 1. The van der Waals surface area contributed by atoms with Crippen LogP contribution < -0.4 is 4.90 Å². The highest BCUT2D eigenvalue weighted by atomic mass is 19.1. The molecule has 1 fully saturated rings. The van der Waals surface area contributed by atoms with E-state index < -0.39 is 0 Å². The number of hydrogen-bond donors (Lipinski definition) is 0. The molecule has 0 unspecified atom stereocenters. The summed E-state index contributed by atoms with van der Waals surface area (Å²) in [6.45, 7) is 6.37. The monoisotopic (exact) mass is 314 g/mol. The van der Waals surface area contributed by atoms with E-state index in [1.165, 1.54) is 18.5 Å². The number of nitrogens with zero attached hydrogens (tertiary/aromatic N) is 4. The van der Waals surface area contributed by atoms with Crippen molar-refractivity contribution in [3.63, 3.8) is 0 Å². The molecule has 1 aromatic carbocycles. The number of carbonyl (C=O) groups excluding carboxylic acids is 1. The maximum atomic E-state index is 13.0. The minimum absolute atomic E-state index is 0.0145. The molecule has 1 saturated heterocycles. The molecule has 0 spiro atoms. The highest BCUT2D eigenvalue weighted by molar-refractivity contribution is 5.96. The van der Waals surface area contributed by atoms with E-state index in [4.69, 9.17) is 0 Å². The van der Waals surface area contributed by atoms with Crippen LogP contribution in [0.25, 0.3) is 0 Å². The van der Waals surface area contributed by atoms with Gasteiger partial charge in [0.15, 0.2) is 0 Å². The fourth-order valence-corrected chi connectivity index (χ4v) is 2.88. The molecular weight excluding hydrogens is 295 g/mol. The first kappa shape index (κ1) is 15.4. The Morgan fingerprint density at radius 1 is 1.00 bits per heavy atom. The number of rotatable bonds is 2. The van der Waals surface area contributed by atoms with Crippen LogP contribution >= 0.6 is 0 Å². The normalized spacial score (nSPS) is 14.9. The van der Waals surface area contributed by atoms with Gasteiger partial charge in [-0.05, 0) is 38.1 Å². The number of amides is 1. The predicted octanol–water partition coefficient (Wildman–Crippen LogP) is 2.19. The van der Waals surface area contributed by atoms with Crippen LogP contribution in [0.2, 0.25) is 0 Å². The maximum Gasteiger partial charge on any atom is 0.257 e. The van der Waals surface area contributed by atoms with Crippen molar-refractivity contribution < 1.29 is 9.18 Å². The third kappa shape index (κ3) is 3.16. The number of benzene rings is 1. The van der Waals surface area contributed by atoms with E-state index in [2.05, 4.69) is 14.9 Å². The molecule has 6 heteroatoms. The highest BCUT2D eigenvalue weighted by Crippen LogP contribution is 2.19. The highest BCUT2D eigenvalue weighted by Gasteiger charge is 2.25. The molecule has 0 radical (unpaired) electrons. The molecule has 23 heavy (non-hydrogen) atoms. The summed E-state index contributed by atoms with van der Waals surface area (Å²) >= 11 is 0. The van der Waals surface area contributed by atoms with Gasteiger partial charge in [0.05, 0.1) is 17.0 Å². The second-order valence-electron chi connectivity index (χ2n) is 5.68. The lowest BCUT2D eigenvalue weighted by atomic mass is 10.1. The second-order valence-corrected chi connectivity index (χ2v) is 5.68. The number of anilines is 1. The maximum absolute atomic E-state index is 13.0. The van der Waals surface area contributed by atoms with Gasteiger partial charge in [0.1, 0.15) is 12.1 Å². The Morgan fingerprint density at radius 2 is 1.57 bits per heavy atom. The molecule has 0 aliphatic carbocycles. The first-order chi connectivity index (χ1) is 11.1. The third-order valence-electron chi connectivity index (χ3n) is 4.20. The van der Waals surface area contributed by atoms with E-state index in [1.54, 1.807) is 12.1 Å². The smallest absolute Gasteiger partial charge is 0.257 e. The number of hydrogen-bond acceptors (Lipinski definition) is 4. The van der Waals surface area contributed by atoms with Crippen molar-refractivity contribution >= 4 is 11.6 Å². The van der Waals surface area contributed by atoms with Gasteiger partial charge < -0.3 is 9.80 Å². The molecule has 0 N–H and O–H groups in total. The zero-order chi connectivity index (χ0) is 16.4. The van der Waals surface area contributed by atoms with Gasteiger partial charge in [0, 0.05) is 31.9 Å². The summed E-state index contributed by atoms with van der Waals surface area (Å²) in [5.74, 6) is -0.253. The van der Waals surface area contributed by atoms with Gasteiger partial charge in [0.2, 0.25) is 0 Å². The van der Waals surface area contributed by atoms with E-state index in [-0.39, 0.29) is 11.7 Å². The van der Waals surface area contributed by atoms with Crippen molar-refractivity contribution in [2.45, 2.75) is 13.8 Å². The van der Waals surface area contributed by atoms with Crippen molar-refractivity contribution in [3.05, 3.63) is 53.4 Å². The lowest BCUT2D eigenvalue weighted by Gasteiger charge is -2.36. The molecule has 0 saturated carbocycles. The summed E-state index contributed by atoms with van der Waals surface area (Å²) in [4.78, 5) is 24.9. The van der Waals surface area contributed by atoms with E-state index >= 15 is 0 Å². The molecule has 2 aromatic rings. The van der Waals surface area contributed by atoms with Gasteiger partial charge in [-0.25, -0.2) is 14.4 Å². The van der Waals surface area contributed by atoms with Gasteiger partial charge in [-0.3, -0.25) is 4.79 Å². The lowest BCUT2D eigenvalue weighted by Crippen LogP contribution is -2.49. The molecule has 1 amide bonds. The van der Waals surface area contributed by atoms with E-state index in [0.29, 0.717) is 30.0 Å². The Morgan fingerprint density at radius 3 is 2.13 bits per heavy atom. The molecule has 5 nitrogen and oxygen atoms in total. The fraction of sp³-hybridized carbons (Fsp3) is 0.353. The summed E-state index contributed by atoms with van der Waals surface area (Å²) in [5.41, 5.74) is 3.00. The number of aromatic nitrogens is 2. The van der Waals surface area contributed by atoms with Gasteiger partial charge in [-0.2, -0.15) is 0 Å². The van der Waals surface area contributed by atoms with Crippen LogP contribution in [0, 0.1) is 19.7 Å². The van der Waals surface area contributed by atoms with Gasteiger partial charge in [0.25, 0.3) is 5.91 Å². The average Bonchev–Trinajstić information content (AvgIpc) is 2.55. The van der Waals surface area contributed by atoms with Crippen LogP contribution in [0.1, 0.15) is 21.7 Å². The van der Waals surface area contributed by atoms with E-state index in [9.17, 15) is 9.18 Å². The van der Waals surface area contributed by atoms with E-state index in [1.807, 2.05) is 18.7 Å². The second kappa shape index (κ2) is 6.32. The standard InChI is InChI=1S/C17H19FN4O/c1-12-16(13(2)20-11-19-12)17(23)22-9-7-21(8-10-22)15-5-3-14(18)4-6-15/h3-6,11H,7-10H2,1-2H3. The largest absolute Gasteiger partial charge is 0.368 e. The summed E-state index contributed by atoms with van der Waals surface area (Å²) in [7, 11) is 0. The molecule has 1 aliphatic rings. The fourth-order valence-electron chi connectivity index (χ4n) is 2.88. The third-order valence-corrected chi connectivity index (χ3v) is 4.20. The summed E-state index contributed by atoms with van der Waals surface area (Å²) in [5, 5.41) is 0. The molecule has 0 bridgehead atoms. The SMILES string of the molecule is Cc1ncnc(C)c1C(=O)N1CCN(c2ccc(F)cc2)CC1. The minimum Gasteiger partial charge on any atom is -0.368 e. The molecule has 1 aliphatic heterocycles. The zero-order valence-electron chi connectivity index (χ0n) is 13.3. The van der Waals surface area contributed by atoms with Crippen LogP contribution in [0.4, 0.5) is 10.1 Å². The first-order valence-corrected chi connectivity index (χ1v) is 7.64. The molecule has 2 heterocycles. The van der Waals surface area contributed by atoms with Crippen molar-refractivity contribution in [1.29, 1.82) is 0 Å². The number of halogens is 1. The average molecular weight is 314 g/mol. The van der Waals surface area contributed by atoms with Gasteiger partial charge >= 0.3 is 0 Å². The Bertz CT molecular complexity index is 689. The molecule has 3 rings (SSSR count). The van der Waals surface area contributed by atoms with Crippen LogP contribution in [0.3, 0.4) is 0 Å². The Kier molecular flexibility index (Phi) is 4.23.